The summed E-state index contributed by atoms with van der Waals surface area (Å²) in [4.78, 5) is 4.83. The number of hydrogen-bond donors (Lipinski definition) is 0. The molecule has 0 bridgehead atoms. The largest absolute Gasteiger partial charge is 0.369 e. The fourth-order valence-corrected chi connectivity index (χ4v) is 3.49. The Morgan fingerprint density at radius 3 is 2.25 bits per heavy atom. The maximum atomic E-state index is 13.1. The van der Waals surface area contributed by atoms with Crippen molar-refractivity contribution < 1.29 is 4.39 Å². The van der Waals surface area contributed by atoms with Gasteiger partial charge in [0.2, 0.25) is 0 Å². The standard InChI is InChI=1S/C21H21FN2/c22-19-8-10-20(11-9-19)24-14-12-23(13-15-24)16-18-6-3-5-17-4-1-2-7-21(17)18/h1-11H,12-16H2. The SMILES string of the molecule is Fc1ccc(N2CCN(Cc3cccc4ccccc34)CC2)cc1. The highest BCUT2D eigenvalue weighted by molar-refractivity contribution is 5.85. The minimum absolute atomic E-state index is 0.173. The monoisotopic (exact) mass is 320 g/mol. The predicted molar refractivity (Wildman–Crippen MR) is 97.8 cm³/mol. The summed E-state index contributed by atoms with van der Waals surface area (Å²) in [6.45, 7) is 5.01. The number of hydrogen-bond acceptors (Lipinski definition) is 2. The Morgan fingerprint density at radius 2 is 1.46 bits per heavy atom. The van der Waals surface area contributed by atoms with Gasteiger partial charge in [0.25, 0.3) is 0 Å². The van der Waals surface area contributed by atoms with Crippen molar-refractivity contribution >= 4 is 16.5 Å². The minimum Gasteiger partial charge on any atom is -0.369 e. The average Bonchev–Trinajstić information content (AvgIpc) is 2.63. The van der Waals surface area contributed by atoms with E-state index in [9.17, 15) is 4.39 Å². The first-order chi connectivity index (χ1) is 11.8. The first kappa shape index (κ1) is 15.2. The van der Waals surface area contributed by atoms with E-state index >= 15 is 0 Å². The fraction of sp³-hybridized carbons (Fsp3) is 0.238. The van der Waals surface area contributed by atoms with Crippen LogP contribution >= 0.6 is 0 Å². The van der Waals surface area contributed by atoms with Crippen molar-refractivity contribution in [3.63, 3.8) is 0 Å². The smallest absolute Gasteiger partial charge is 0.123 e. The van der Waals surface area contributed by atoms with Crippen LogP contribution in [-0.2, 0) is 6.54 Å². The van der Waals surface area contributed by atoms with Crippen molar-refractivity contribution in [2.45, 2.75) is 6.54 Å². The van der Waals surface area contributed by atoms with Crippen LogP contribution in [0.3, 0.4) is 0 Å². The lowest BCUT2D eigenvalue weighted by Crippen LogP contribution is -2.46. The quantitative estimate of drug-likeness (QED) is 0.710. The molecular weight excluding hydrogens is 299 g/mol. The summed E-state index contributed by atoms with van der Waals surface area (Å²) in [6, 6.07) is 21.9. The second kappa shape index (κ2) is 6.62. The summed E-state index contributed by atoms with van der Waals surface area (Å²) in [5, 5.41) is 2.65. The van der Waals surface area contributed by atoms with Gasteiger partial charge in [0.1, 0.15) is 5.82 Å². The molecule has 0 unspecified atom stereocenters. The maximum Gasteiger partial charge on any atom is 0.123 e. The van der Waals surface area contributed by atoms with Gasteiger partial charge in [-0.15, -0.1) is 0 Å². The van der Waals surface area contributed by atoms with Gasteiger partial charge in [-0.2, -0.15) is 0 Å². The summed E-state index contributed by atoms with van der Waals surface area (Å²) < 4.78 is 13.1. The second-order valence-corrected chi connectivity index (χ2v) is 6.38. The molecule has 1 aliphatic rings. The van der Waals surface area contributed by atoms with Gasteiger partial charge in [-0.25, -0.2) is 4.39 Å². The molecule has 4 rings (SSSR count). The molecule has 0 spiro atoms. The van der Waals surface area contributed by atoms with Crippen LogP contribution in [-0.4, -0.2) is 31.1 Å². The van der Waals surface area contributed by atoms with Crippen molar-refractivity contribution in [3.8, 4) is 0 Å². The van der Waals surface area contributed by atoms with Gasteiger partial charge in [0.05, 0.1) is 0 Å². The molecule has 3 aromatic carbocycles. The predicted octanol–water partition coefficient (Wildman–Crippen LogP) is 4.30. The normalized spacial score (nSPS) is 15.8. The van der Waals surface area contributed by atoms with Crippen LogP contribution in [0.4, 0.5) is 10.1 Å². The second-order valence-electron chi connectivity index (χ2n) is 6.38. The number of fused-ring (bicyclic) bond motifs is 1. The summed E-state index contributed by atoms with van der Waals surface area (Å²) in [7, 11) is 0. The lowest BCUT2D eigenvalue weighted by Gasteiger charge is -2.36. The highest BCUT2D eigenvalue weighted by Crippen LogP contribution is 2.22. The maximum absolute atomic E-state index is 13.1. The molecule has 0 radical (unpaired) electrons. The van der Waals surface area contributed by atoms with Crippen LogP contribution in [0, 0.1) is 5.82 Å². The first-order valence-corrected chi connectivity index (χ1v) is 8.49. The number of piperazine rings is 1. The molecule has 1 saturated heterocycles. The van der Waals surface area contributed by atoms with E-state index in [0.29, 0.717) is 0 Å². The molecule has 24 heavy (non-hydrogen) atoms. The Labute approximate surface area is 142 Å². The fourth-order valence-electron chi connectivity index (χ4n) is 3.49. The summed E-state index contributed by atoms with van der Waals surface area (Å²) in [6.07, 6.45) is 0. The van der Waals surface area contributed by atoms with Gasteiger partial charge in [0, 0.05) is 38.4 Å². The van der Waals surface area contributed by atoms with Crippen molar-refractivity contribution in [1.82, 2.24) is 4.90 Å². The lowest BCUT2D eigenvalue weighted by molar-refractivity contribution is 0.250. The van der Waals surface area contributed by atoms with Gasteiger partial charge in [-0.3, -0.25) is 4.90 Å². The van der Waals surface area contributed by atoms with Crippen LogP contribution in [0.5, 0.6) is 0 Å². The number of anilines is 1. The minimum atomic E-state index is -0.173. The number of benzene rings is 3. The molecule has 0 aliphatic carbocycles. The molecule has 1 fully saturated rings. The number of nitrogens with zero attached hydrogens (tertiary/aromatic N) is 2. The van der Waals surface area contributed by atoms with Crippen LogP contribution in [0.1, 0.15) is 5.56 Å². The zero-order valence-electron chi connectivity index (χ0n) is 13.7. The van der Waals surface area contributed by atoms with Crippen LogP contribution in [0.15, 0.2) is 66.7 Å². The van der Waals surface area contributed by atoms with Gasteiger partial charge < -0.3 is 4.90 Å². The topological polar surface area (TPSA) is 6.48 Å². The highest BCUT2D eigenvalue weighted by Gasteiger charge is 2.17. The summed E-state index contributed by atoms with van der Waals surface area (Å²) in [5.74, 6) is -0.173. The molecule has 0 amide bonds. The summed E-state index contributed by atoms with van der Waals surface area (Å²) >= 11 is 0. The average molecular weight is 320 g/mol. The summed E-state index contributed by atoms with van der Waals surface area (Å²) in [5.41, 5.74) is 2.50. The lowest BCUT2D eigenvalue weighted by atomic mass is 10.0. The number of halogens is 1. The van der Waals surface area contributed by atoms with E-state index in [1.54, 1.807) is 0 Å². The molecule has 1 aliphatic heterocycles. The third-order valence-corrected chi connectivity index (χ3v) is 4.84. The zero-order chi connectivity index (χ0) is 16.4. The molecule has 122 valence electrons. The number of rotatable bonds is 3. The molecule has 3 heteroatoms. The van der Waals surface area contributed by atoms with Gasteiger partial charge in [-0.1, -0.05) is 42.5 Å². The molecule has 3 aromatic rings. The molecule has 0 N–H and O–H groups in total. The van der Waals surface area contributed by atoms with Crippen LogP contribution < -0.4 is 4.90 Å². The third kappa shape index (κ3) is 3.13. The van der Waals surface area contributed by atoms with Crippen molar-refractivity contribution in [3.05, 3.63) is 78.1 Å². The van der Waals surface area contributed by atoms with Crippen molar-refractivity contribution in [2.24, 2.45) is 0 Å². The van der Waals surface area contributed by atoms with E-state index in [2.05, 4.69) is 52.3 Å². The molecule has 2 nitrogen and oxygen atoms in total. The Morgan fingerprint density at radius 1 is 0.750 bits per heavy atom. The van der Waals surface area contributed by atoms with Crippen LogP contribution in [0.25, 0.3) is 10.8 Å². The molecule has 0 atom stereocenters. The van der Waals surface area contributed by atoms with Gasteiger partial charge in [0.15, 0.2) is 0 Å². The Bertz CT molecular complexity index is 815. The van der Waals surface area contributed by atoms with Crippen molar-refractivity contribution in [1.29, 1.82) is 0 Å². The van der Waals surface area contributed by atoms with E-state index in [1.807, 2.05) is 12.1 Å². The zero-order valence-corrected chi connectivity index (χ0v) is 13.7. The molecule has 0 aromatic heterocycles. The van der Waals surface area contributed by atoms with E-state index in [0.717, 1.165) is 38.4 Å². The van der Waals surface area contributed by atoms with Crippen molar-refractivity contribution in [2.75, 3.05) is 31.1 Å². The van der Waals surface area contributed by atoms with E-state index < -0.39 is 0 Å². The Balaban J connectivity index is 1.43. The van der Waals surface area contributed by atoms with E-state index in [1.165, 1.54) is 28.5 Å². The van der Waals surface area contributed by atoms with Gasteiger partial charge in [-0.05, 0) is 40.6 Å². The highest BCUT2D eigenvalue weighted by atomic mass is 19.1. The Hall–Kier alpha value is -2.39. The molecule has 1 heterocycles. The first-order valence-electron chi connectivity index (χ1n) is 8.49. The third-order valence-electron chi connectivity index (χ3n) is 4.84. The molecule has 0 saturated carbocycles. The molecular formula is C21H21FN2. The Kier molecular flexibility index (Phi) is 4.18. The van der Waals surface area contributed by atoms with E-state index in [4.69, 9.17) is 0 Å². The van der Waals surface area contributed by atoms with E-state index in [-0.39, 0.29) is 5.82 Å². The van der Waals surface area contributed by atoms with Crippen LogP contribution in [0.2, 0.25) is 0 Å². The van der Waals surface area contributed by atoms with Gasteiger partial charge >= 0.3 is 0 Å².